The van der Waals surface area contributed by atoms with Crippen molar-refractivity contribution in [2.45, 2.75) is 58.9 Å². The Hall–Kier alpha value is -2.58. The van der Waals surface area contributed by atoms with Crippen molar-refractivity contribution in [3.05, 3.63) is 51.7 Å². The van der Waals surface area contributed by atoms with Gasteiger partial charge in [0.2, 0.25) is 6.41 Å². The molecule has 1 aliphatic rings. The van der Waals surface area contributed by atoms with Crippen LogP contribution in [0.4, 0.5) is 5.69 Å². The zero-order valence-electron chi connectivity index (χ0n) is 17.4. The number of carbonyl (C=O) groups is 2. The number of benzene rings is 1. The summed E-state index contributed by atoms with van der Waals surface area (Å²) in [5, 5.41) is 9.31. The van der Waals surface area contributed by atoms with E-state index in [1.165, 1.54) is 37.0 Å². The number of carboxylic acids is 1. The van der Waals surface area contributed by atoms with Crippen molar-refractivity contribution in [3.63, 3.8) is 0 Å². The highest BCUT2D eigenvalue weighted by atomic mass is 32.1. The first-order valence-corrected chi connectivity index (χ1v) is 10.9. The van der Waals surface area contributed by atoms with Gasteiger partial charge in [-0.15, -0.1) is 11.3 Å². The number of hydrogen-bond acceptors (Lipinski definition) is 3. The highest BCUT2D eigenvalue weighted by Crippen LogP contribution is 2.30. The van der Waals surface area contributed by atoms with Gasteiger partial charge in [-0.1, -0.05) is 69.1 Å². The molecule has 1 heterocycles. The van der Waals surface area contributed by atoms with Gasteiger partial charge < -0.3 is 10.0 Å². The number of amides is 1. The first-order chi connectivity index (χ1) is 13.9. The van der Waals surface area contributed by atoms with E-state index in [2.05, 4.69) is 18.8 Å². The number of carboxylic acid groups (broad SMARTS) is 1. The van der Waals surface area contributed by atoms with Crippen LogP contribution in [0.25, 0.3) is 0 Å². The lowest BCUT2D eigenvalue weighted by Gasteiger charge is -2.20. The Morgan fingerprint density at radius 2 is 1.83 bits per heavy atom. The highest BCUT2D eigenvalue weighted by molar-refractivity contribution is 7.15. The highest BCUT2D eigenvalue weighted by Gasteiger charge is 2.21. The van der Waals surface area contributed by atoms with Crippen LogP contribution in [0.1, 0.15) is 73.0 Å². The van der Waals surface area contributed by atoms with Crippen molar-refractivity contribution in [3.8, 4) is 11.8 Å². The van der Waals surface area contributed by atoms with E-state index in [9.17, 15) is 14.7 Å². The Bertz CT molecular complexity index is 855. The minimum atomic E-state index is -1.06. The molecule has 1 saturated carbocycles. The number of carbonyl (C=O) groups excluding carboxylic acids is 1. The van der Waals surface area contributed by atoms with Gasteiger partial charge in [-0.05, 0) is 38.0 Å². The number of rotatable bonds is 4. The molecule has 1 aliphatic carbocycles. The number of aromatic carboxylic acids is 1. The molecule has 1 amide bonds. The predicted molar refractivity (Wildman–Crippen MR) is 120 cm³/mol. The van der Waals surface area contributed by atoms with Gasteiger partial charge in [-0.2, -0.15) is 0 Å². The van der Waals surface area contributed by atoms with E-state index in [1.807, 2.05) is 44.2 Å². The summed E-state index contributed by atoms with van der Waals surface area (Å²) in [5.74, 6) is 5.92. The average molecular weight is 412 g/mol. The minimum Gasteiger partial charge on any atom is -0.477 e. The Balaban J connectivity index is 0.000000360. The minimum absolute atomic E-state index is 0.123. The molecule has 29 heavy (non-hydrogen) atoms. The molecule has 0 atom stereocenters. The average Bonchev–Trinajstić information content (AvgIpc) is 3.13. The van der Waals surface area contributed by atoms with Crippen molar-refractivity contribution in [1.29, 1.82) is 0 Å². The molecule has 0 saturated heterocycles. The van der Waals surface area contributed by atoms with E-state index in [-0.39, 0.29) is 10.9 Å². The van der Waals surface area contributed by atoms with Gasteiger partial charge in [0.1, 0.15) is 4.88 Å². The van der Waals surface area contributed by atoms with Gasteiger partial charge in [0, 0.05) is 11.6 Å². The summed E-state index contributed by atoms with van der Waals surface area (Å²) in [6, 6.07) is 11.0. The molecule has 0 radical (unpaired) electrons. The van der Waals surface area contributed by atoms with Gasteiger partial charge in [0.15, 0.2) is 0 Å². The second-order valence-electron chi connectivity index (χ2n) is 7.60. The molecule has 1 fully saturated rings. The lowest BCUT2D eigenvalue weighted by atomic mass is 9.91. The van der Waals surface area contributed by atoms with E-state index in [0.29, 0.717) is 17.0 Å². The predicted octanol–water partition coefficient (Wildman–Crippen LogP) is 5.80. The lowest BCUT2D eigenvalue weighted by Crippen LogP contribution is -2.29. The Morgan fingerprint density at radius 3 is 2.31 bits per heavy atom. The summed E-state index contributed by atoms with van der Waals surface area (Å²) >= 11 is 1.07. The van der Waals surface area contributed by atoms with Crippen LogP contribution in [0, 0.1) is 17.8 Å². The molecule has 1 aromatic heterocycles. The van der Waals surface area contributed by atoms with E-state index in [0.717, 1.165) is 22.8 Å². The van der Waals surface area contributed by atoms with Crippen LogP contribution in [0.5, 0.6) is 0 Å². The molecular weight excluding hydrogens is 382 g/mol. The zero-order valence-corrected chi connectivity index (χ0v) is 18.2. The Kier molecular flexibility index (Phi) is 8.95. The molecule has 0 spiro atoms. The third-order valence-electron chi connectivity index (χ3n) is 4.85. The van der Waals surface area contributed by atoms with E-state index >= 15 is 0 Å². The molecule has 0 unspecified atom stereocenters. The Labute approximate surface area is 177 Å². The summed E-state index contributed by atoms with van der Waals surface area (Å²) in [6.45, 7) is 6.01. The molecule has 1 aromatic carbocycles. The second kappa shape index (κ2) is 11.4. The fraction of sp³-hybridized carbons (Fsp3) is 0.417. The standard InChI is InChI=1S/C17H15NO3S.C7H14/c1-12(2)18(11-19)15-10-14(22-16(15)17(20)21)9-8-13-6-4-3-5-7-13;1-7-5-3-2-4-6-7/h3-7,10-12H,1-2H3,(H,20,21);7H,2-6H2,1H3. The first kappa shape index (κ1) is 22.7. The second-order valence-corrected chi connectivity index (χ2v) is 8.65. The topological polar surface area (TPSA) is 57.6 Å². The van der Waals surface area contributed by atoms with Gasteiger partial charge >= 0.3 is 5.97 Å². The van der Waals surface area contributed by atoms with Gasteiger partial charge in [0.05, 0.1) is 10.6 Å². The number of thiophene rings is 1. The fourth-order valence-corrected chi connectivity index (χ4v) is 4.06. The number of anilines is 1. The Morgan fingerprint density at radius 1 is 1.17 bits per heavy atom. The van der Waals surface area contributed by atoms with Crippen LogP contribution >= 0.6 is 11.3 Å². The van der Waals surface area contributed by atoms with E-state index in [1.54, 1.807) is 6.07 Å². The molecule has 2 aromatic rings. The van der Waals surface area contributed by atoms with Crippen LogP contribution in [0.2, 0.25) is 0 Å². The molecule has 1 N–H and O–H groups in total. The van der Waals surface area contributed by atoms with Crippen LogP contribution in [-0.4, -0.2) is 23.5 Å². The molecule has 0 bridgehead atoms. The molecule has 4 nitrogen and oxygen atoms in total. The monoisotopic (exact) mass is 411 g/mol. The normalized spacial score (nSPS) is 13.7. The van der Waals surface area contributed by atoms with Gasteiger partial charge in [-0.3, -0.25) is 4.79 Å². The molecule has 0 aliphatic heterocycles. The van der Waals surface area contributed by atoms with Crippen molar-refractivity contribution < 1.29 is 14.7 Å². The van der Waals surface area contributed by atoms with Crippen molar-refractivity contribution >= 4 is 29.4 Å². The zero-order chi connectivity index (χ0) is 21.2. The number of hydrogen-bond donors (Lipinski definition) is 1. The summed E-state index contributed by atoms with van der Waals surface area (Å²) in [4.78, 5) is 24.7. The summed E-state index contributed by atoms with van der Waals surface area (Å²) < 4.78 is 0. The summed E-state index contributed by atoms with van der Waals surface area (Å²) in [5.41, 5.74) is 1.24. The maximum atomic E-state index is 11.4. The molecular formula is C24H29NO3S. The fourth-order valence-electron chi connectivity index (χ4n) is 3.21. The van der Waals surface area contributed by atoms with Crippen LogP contribution in [0.3, 0.4) is 0 Å². The van der Waals surface area contributed by atoms with E-state index in [4.69, 9.17) is 0 Å². The van der Waals surface area contributed by atoms with Crippen molar-refractivity contribution in [2.24, 2.45) is 5.92 Å². The van der Waals surface area contributed by atoms with Gasteiger partial charge in [0.25, 0.3) is 0 Å². The van der Waals surface area contributed by atoms with Crippen molar-refractivity contribution in [1.82, 2.24) is 0 Å². The smallest absolute Gasteiger partial charge is 0.348 e. The summed E-state index contributed by atoms with van der Waals surface area (Å²) in [6.07, 6.45) is 8.08. The van der Waals surface area contributed by atoms with Crippen molar-refractivity contribution in [2.75, 3.05) is 4.90 Å². The SMILES string of the molecule is CC(C)N(C=O)c1cc(C#Cc2ccccc2)sc1C(=O)O.CC1CCCCC1. The van der Waals surface area contributed by atoms with Crippen LogP contribution in [0.15, 0.2) is 36.4 Å². The van der Waals surface area contributed by atoms with E-state index < -0.39 is 5.97 Å². The largest absolute Gasteiger partial charge is 0.477 e. The number of nitrogens with zero attached hydrogens (tertiary/aromatic N) is 1. The maximum absolute atomic E-state index is 11.4. The quantitative estimate of drug-likeness (QED) is 0.511. The third-order valence-corrected chi connectivity index (χ3v) is 5.88. The molecule has 154 valence electrons. The third kappa shape index (κ3) is 7.07. The molecule has 3 rings (SSSR count). The van der Waals surface area contributed by atoms with Gasteiger partial charge in [-0.25, -0.2) is 4.79 Å². The first-order valence-electron chi connectivity index (χ1n) is 10.1. The molecule has 5 heteroatoms. The lowest BCUT2D eigenvalue weighted by molar-refractivity contribution is -0.107. The summed E-state index contributed by atoms with van der Waals surface area (Å²) in [7, 11) is 0. The van der Waals surface area contributed by atoms with Crippen LogP contribution in [-0.2, 0) is 4.79 Å². The van der Waals surface area contributed by atoms with Crippen LogP contribution < -0.4 is 4.90 Å². The maximum Gasteiger partial charge on any atom is 0.348 e.